The minimum absolute atomic E-state index is 0.0142. The van der Waals surface area contributed by atoms with E-state index in [0.717, 1.165) is 0 Å². The molecule has 72 valence electrons. The first-order chi connectivity index (χ1) is 6.11. The molecule has 5 heteroatoms. The number of azide groups is 1. The van der Waals surface area contributed by atoms with Gasteiger partial charge in [0.05, 0.1) is 6.61 Å². The van der Waals surface area contributed by atoms with Crippen molar-refractivity contribution in [3.63, 3.8) is 0 Å². The van der Waals surface area contributed by atoms with E-state index in [1.165, 1.54) is 6.08 Å². The van der Waals surface area contributed by atoms with E-state index in [1.807, 2.05) is 13.8 Å². The molecule has 0 aliphatic carbocycles. The summed E-state index contributed by atoms with van der Waals surface area (Å²) in [5.74, 6) is -0.459. The van der Waals surface area contributed by atoms with Crippen molar-refractivity contribution in [1.82, 2.24) is 0 Å². The number of ether oxygens (including phenoxy) is 1. The first-order valence-electron chi connectivity index (χ1n) is 4.05. The Balaban J connectivity index is 4.52. The molecule has 0 spiro atoms. The maximum absolute atomic E-state index is 11.0. The third-order valence-electron chi connectivity index (χ3n) is 1.30. The lowest BCUT2D eigenvalue weighted by Gasteiger charge is -2.03. The summed E-state index contributed by atoms with van der Waals surface area (Å²) < 4.78 is 4.67. The molecule has 0 aromatic rings. The Bertz CT molecular complexity index is 252. The van der Waals surface area contributed by atoms with E-state index >= 15 is 0 Å². The van der Waals surface area contributed by atoms with Crippen LogP contribution in [0.25, 0.3) is 10.4 Å². The normalized spacial score (nSPS) is 10.9. The van der Waals surface area contributed by atoms with E-state index in [-0.39, 0.29) is 5.92 Å². The first-order valence-corrected chi connectivity index (χ1v) is 4.05. The lowest BCUT2D eigenvalue weighted by atomic mass is 10.1. The molecule has 0 fully saturated rings. The van der Waals surface area contributed by atoms with Gasteiger partial charge in [-0.05, 0) is 18.4 Å². The molecule has 13 heavy (non-hydrogen) atoms. The summed E-state index contributed by atoms with van der Waals surface area (Å²) in [7, 11) is 0. The predicted octanol–water partition coefficient (Wildman–Crippen LogP) is 2.40. The molecule has 5 nitrogen and oxygen atoms in total. The van der Waals surface area contributed by atoms with Gasteiger partial charge in [0, 0.05) is 16.7 Å². The second-order valence-corrected chi connectivity index (χ2v) is 2.67. The average Bonchev–Trinajstić information content (AvgIpc) is 2.04. The van der Waals surface area contributed by atoms with E-state index in [9.17, 15) is 4.79 Å². The van der Waals surface area contributed by atoms with Crippen LogP contribution in [-0.2, 0) is 9.53 Å². The number of esters is 1. The highest BCUT2D eigenvalue weighted by Gasteiger charge is 2.04. The van der Waals surface area contributed by atoms with Gasteiger partial charge in [0.1, 0.15) is 0 Å². The van der Waals surface area contributed by atoms with Crippen LogP contribution in [0.3, 0.4) is 0 Å². The van der Waals surface area contributed by atoms with Crippen molar-refractivity contribution in [3.8, 4) is 0 Å². The molecule has 0 radical (unpaired) electrons. The first kappa shape index (κ1) is 11.5. The number of allylic oxidation sites excluding steroid dienone is 1. The highest BCUT2D eigenvalue weighted by molar-refractivity contribution is 5.82. The monoisotopic (exact) mass is 183 g/mol. The van der Waals surface area contributed by atoms with Gasteiger partial charge < -0.3 is 4.74 Å². The van der Waals surface area contributed by atoms with Gasteiger partial charge in [-0.25, -0.2) is 4.79 Å². The molecule has 0 aromatic heterocycles. The van der Waals surface area contributed by atoms with Crippen LogP contribution >= 0.6 is 0 Å². The highest BCUT2D eigenvalue weighted by atomic mass is 16.5. The van der Waals surface area contributed by atoms with Gasteiger partial charge >= 0.3 is 5.97 Å². The Labute approximate surface area is 77.0 Å². The summed E-state index contributed by atoms with van der Waals surface area (Å²) in [4.78, 5) is 13.6. The van der Waals surface area contributed by atoms with Crippen molar-refractivity contribution in [2.24, 2.45) is 11.0 Å². The van der Waals surface area contributed by atoms with Crippen molar-refractivity contribution in [2.75, 3.05) is 6.61 Å². The molecule has 0 saturated carbocycles. The minimum atomic E-state index is -0.474. The largest absolute Gasteiger partial charge is 0.463 e. The molecule has 0 atom stereocenters. The second kappa shape index (κ2) is 6.08. The van der Waals surface area contributed by atoms with Crippen LogP contribution in [0, 0.1) is 5.92 Å². The van der Waals surface area contributed by atoms with Gasteiger partial charge in [0.25, 0.3) is 0 Å². The minimum Gasteiger partial charge on any atom is -0.463 e. The second-order valence-electron chi connectivity index (χ2n) is 2.67. The van der Waals surface area contributed by atoms with Gasteiger partial charge in [0.2, 0.25) is 0 Å². The Morgan fingerprint density at radius 2 is 2.31 bits per heavy atom. The molecule has 0 bridgehead atoms. The van der Waals surface area contributed by atoms with Gasteiger partial charge in [0.15, 0.2) is 0 Å². The van der Waals surface area contributed by atoms with Crippen molar-refractivity contribution in [3.05, 3.63) is 22.2 Å². The van der Waals surface area contributed by atoms with Gasteiger partial charge in [-0.15, -0.1) is 0 Å². The zero-order valence-corrected chi connectivity index (χ0v) is 8.02. The molecule has 0 amide bonds. The van der Waals surface area contributed by atoms with E-state index in [0.29, 0.717) is 12.3 Å². The third-order valence-corrected chi connectivity index (χ3v) is 1.30. The smallest absolute Gasteiger partial charge is 0.330 e. The summed E-state index contributed by atoms with van der Waals surface area (Å²) in [6, 6.07) is 0. The molecule has 0 unspecified atom stereocenters. The number of carbonyl (C=O) groups is 1. The van der Waals surface area contributed by atoms with Crippen molar-refractivity contribution < 1.29 is 9.53 Å². The Morgan fingerprint density at radius 1 is 1.69 bits per heavy atom. The van der Waals surface area contributed by atoms with E-state index < -0.39 is 5.97 Å². The maximum Gasteiger partial charge on any atom is 0.330 e. The summed E-state index contributed by atoms with van der Waals surface area (Å²) >= 11 is 0. The zero-order valence-electron chi connectivity index (χ0n) is 8.02. The van der Waals surface area contributed by atoms with E-state index in [2.05, 4.69) is 14.8 Å². The Hall–Kier alpha value is -1.48. The molecule has 0 heterocycles. The predicted molar refractivity (Wildman–Crippen MR) is 48.7 cm³/mol. The van der Waals surface area contributed by atoms with E-state index in [4.69, 9.17) is 5.53 Å². The number of nitrogens with zero attached hydrogens (tertiary/aromatic N) is 3. The van der Waals surface area contributed by atoms with Crippen molar-refractivity contribution >= 4 is 5.97 Å². The SMILES string of the molecule is CCOC(=O)C=C(N=[N+]=[N-])C(C)C. The van der Waals surface area contributed by atoms with Crippen LogP contribution in [-0.4, -0.2) is 12.6 Å². The molecule has 0 N–H and O–H groups in total. The van der Waals surface area contributed by atoms with Crippen LogP contribution in [0.1, 0.15) is 20.8 Å². The topological polar surface area (TPSA) is 75.1 Å². The third kappa shape index (κ3) is 4.87. The van der Waals surface area contributed by atoms with Crippen LogP contribution in [0.4, 0.5) is 0 Å². The molecule has 0 rings (SSSR count). The van der Waals surface area contributed by atoms with Gasteiger partial charge in [-0.3, -0.25) is 0 Å². The summed E-state index contributed by atoms with van der Waals surface area (Å²) in [6.07, 6.45) is 1.22. The van der Waals surface area contributed by atoms with Gasteiger partial charge in [-0.1, -0.05) is 19.0 Å². The number of hydrogen-bond donors (Lipinski definition) is 0. The van der Waals surface area contributed by atoms with Crippen LogP contribution in [0.5, 0.6) is 0 Å². The summed E-state index contributed by atoms with van der Waals surface area (Å²) in [5.41, 5.74) is 8.58. The zero-order chi connectivity index (χ0) is 10.3. The molecule has 0 saturated heterocycles. The number of hydrogen-bond acceptors (Lipinski definition) is 3. The van der Waals surface area contributed by atoms with E-state index in [1.54, 1.807) is 6.92 Å². The van der Waals surface area contributed by atoms with Gasteiger partial charge in [-0.2, -0.15) is 0 Å². The molecular weight excluding hydrogens is 170 g/mol. The quantitative estimate of drug-likeness (QED) is 0.220. The Morgan fingerprint density at radius 3 is 2.69 bits per heavy atom. The Kier molecular flexibility index (Phi) is 5.39. The van der Waals surface area contributed by atoms with Crippen molar-refractivity contribution in [1.29, 1.82) is 0 Å². The molecule has 0 aliphatic heterocycles. The maximum atomic E-state index is 11.0. The fraction of sp³-hybridized carbons (Fsp3) is 0.625. The molecular formula is C8H13N3O2. The van der Waals surface area contributed by atoms with Crippen LogP contribution in [0.15, 0.2) is 16.9 Å². The number of carbonyl (C=O) groups excluding carboxylic acids is 1. The van der Waals surface area contributed by atoms with Crippen molar-refractivity contribution in [2.45, 2.75) is 20.8 Å². The highest BCUT2D eigenvalue weighted by Crippen LogP contribution is 2.11. The molecule has 0 aromatic carbocycles. The lowest BCUT2D eigenvalue weighted by Crippen LogP contribution is -2.02. The number of rotatable bonds is 4. The summed E-state index contributed by atoms with van der Waals surface area (Å²) in [5, 5.41) is 3.39. The lowest BCUT2D eigenvalue weighted by molar-refractivity contribution is -0.137. The molecule has 0 aliphatic rings. The fourth-order valence-corrected chi connectivity index (χ4v) is 0.667. The average molecular weight is 183 g/mol. The summed E-state index contributed by atoms with van der Waals surface area (Å²) in [6.45, 7) is 5.70. The standard InChI is InChI=1S/C8H13N3O2/c1-4-13-8(12)5-7(6(2)3)10-11-9/h5-6H,4H2,1-3H3. The van der Waals surface area contributed by atoms with Crippen LogP contribution < -0.4 is 0 Å². The fourth-order valence-electron chi connectivity index (χ4n) is 0.667. The van der Waals surface area contributed by atoms with Crippen LogP contribution in [0.2, 0.25) is 0 Å².